The van der Waals surface area contributed by atoms with Crippen molar-refractivity contribution < 1.29 is 46.0 Å². The highest BCUT2D eigenvalue weighted by atomic mass is 32.2. The molecule has 3 saturated heterocycles. The molecule has 100 heavy (non-hydrogen) atoms. The summed E-state index contributed by atoms with van der Waals surface area (Å²) in [6, 6.07) is 0. The molecule has 2 bridgehead atoms. The second-order valence-corrected chi connectivity index (χ2v) is 37.8. The van der Waals surface area contributed by atoms with Crippen LogP contribution in [0.25, 0.3) is 0 Å². The van der Waals surface area contributed by atoms with E-state index in [1.807, 2.05) is 82.3 Å². The molecule has 3 aliphatic rings. The van der Waals surface area contributed by atoms with Crippen LogP contribution < -0.4 is 37.2 Å². The molecule has 0 spiro atoms. The molecule has 0 radical (unpaired) electrons. The fraction of sp³-hybridized carbons (Fsp3) is 1.00. The number of rotatable bonds is 65. The van der Waals surface area contributed by atoms with Crippen LogP contribution in [0.5, 0.6) is 0 Å². The first kappa shape index (κ1) is 110. The van der Waals surface area contributed by atoms with Gasteiger partial charge in [-0.25, -0.2) is 0 Å². The number of nitrogens with zero attached hydrogens (tertiary/aromatic N) is 6. The van der Waals surface area contributed by atoms with Gasteiger partial charge in [-0.2, -0.15) is 35.3 Å². The molecule has 3 rings (SSSR count). The summed E-state index contributed by atoms with van der Waals surface area (Å²) in [4.78, 5) is 14.8. The molecule has 0 aromatic carbocycles. The number of nitrogens with one attached hydrogen (secondary N) is 7. The third-order valence-corrected chi connectivity index (χ3v) is 27.1. The molecule has 3 aliphatic heterocycles. The van der Waals surface area contributed by atoms with Crippen LogP contribution in [0.15, 0.2) is 0 Å². The predicted octanol–water partition coefficient (Wildman–Crippen LogP) is 6.74. The van der Waals surface area contributed by atoms with E-state index in [9.17, 15) is 0 Å². The average Bonchev–Trinajstić information content (AvgIpc) is 0.871. The quantitative estimate of drug-likeness (QED) is 0.0222. The van der Waals surface area contributed by atoms with Crippen molar-refractivity contribution in [2.45, 2.75) is 86.5 Å². The Labute approximate surface area is 671 Å². The SMILES string of the molecule is CCCSCC(CNCNCNCSCCO)CSCCO.CCCSCN(CSCCO)CSCCO.CCCSCN1CCCN(CNCSCCO)C1.CCCSCNCNCSCCO.CCCSCNCSCCO.CCSCCO.OCCSCN1CN2CCCN(C2)C1. The zero-order valence-corrected chi connectivity index (χ0v) is 74.2. The maximum atomic E-state index is 8.87. The van der Waals surface area contributed by atoms with Crippen LogP contribution >= 0.6 is 165 Å². The van der Waals surface area contributed by atoms with E-state index in [0.29, 0.717) is 19.1 Å². The molecule has 16 N–H and O–H groups in total. The van der Waals surface area contributed by atoms with Crippen molar-refractivity contribution >= 4 is 165 Å². The van der Waals surface area contributed by atoms with Gasteiger partial charge in [-0.1, -0.05) is 41.5 Å². The smallest absolute Gasteiger partial charge is 0.0538 e. The van der Waals surface area contributed by atoms with Crippen molar-refractivity contribution in [1.82, 2.24) is 66.6 Å². The summed E-state index contributed by atoms with van der Waals surface area (Å²) in [5, 5.41) is 101. The highest BCUT2D eigenvalue weighted by molar-refractivity contribution is 8.02. The molecule has 0 aromatic heterocycles. The van der Waals surface area contributed by atoms with Crippen molar-refractivity contribution in [2.75, 3.05) is 308 Å². The number of aliphatic hydroxyl groups excluding tert-OH is 9. The van der Waals surface area contributed by atoms with Crippen LogP contribution in [0.4, 0.5) is 0 Å². The molecule has 22 nitrogen and oxygen atoms in total. The Bertz CT molecular complexity index is 1400. The van der Waals surface area contributed by atoms with Crippen LogP contribution in [-0.2, 0) is 0 Å². The lowest BCUT2D eigenvalue weighted by atomic mass is 10.2. The van der Waals surface area contributed by atoms with Crippen LogP contribution in [0.2, 0.25) is 0 Å². The van der Waals surface area contributed by atoms with Gasteiger partial charge >= 0.3 is 0 Å². The second kappa shape index (κ2) is 101. The average molecular weight is 1690 g/mol. The van der Waals surface area contributed by atoms with Crippen LogP contribution in [-0.4, -0.2) is 383 Å². The molecule has 36 heteroatoms. The lowest BCUT2D eigenvalue weighted by Gasteiger charge is -2.45. The molecule has 0 saturated carbocycles. The minimum atomic E-state index is 0.243. The molecule has 3 unspecified atom stereocenters. The number of fused-ring (bicyclic) bond motifs is 2. The molecule has 608 valence electrons. The van der Waals surface area contributed by atoms with Gasteiger partial charge in [0.05, 0.1) is 86.1 Å². The van der Waals surface area contributed by atoms with E-state index in [4.69, 9.17) is 46.0 Å². The molecule has 3 fully saturated rings. The van der Waals surface area contributed by atoms with Crippen molar-refractivity contribution in [2.24, 2.45) is 5.92 Å². The first-order valence-corrected chi connectivity index (χ1v) is 52.2. The first-order chi connectivity index (χ1) is 49.2. The highest BCUT2D eigenvalue weighted by Gasteiger charge is 2.26. The lowest BCUT2D eigenvalue weighted by molar-refractivity contribution is -0.0465. The van der Waals surface area contributed by atoms with E-state index in [1.54, 1.807) is 82.3 Å². The fourth-order valence-electron chi connectivity index (χ4n) is 8.10. The van der Waals surface area contributed by atoms with E-state index >= 15 is 0 Å². The largest absolute Gasteiger partial charge is 0.396 e. The van der Waals surface area contributed by atoms with Crippen molar-refractivity contribution in [1.29, 1.82) is 0 Å². The molecular weight excluding hydrogens is 1540 g/mol. The molecule has 3 atom stereocenters. The van der Waals surface area contributed by atoms with Crippen molar-refractivity contribution in [3.8, 4) is 0 Å². The van der Waals surface area contributed by atoms with Crippen LogP contribution in [0, 0.1) is 5.92 Å². The van der Waals surface area contributed by atoms with Gasteiger partial charge < -0.3 is 51.3 Å². The summed E-state index contributed by atoms with van der Waals surface area (Å²) < 4.78 is 0. The Hall–Kier alpha value is 4.02. The summed E-state index contributed by atoms with van der Waals surface area (Å²) in [5.41, 5.74) is 0. The van der Waals surface area contributed by atoms with Gasteiger partial charge in [0, 0.05) is 176 Å². The van der Waals surface area contributed by atoms with Gasteiger partial charge in [0.1, 0.15) is 0 Å². The first-order valence-electron chi connectivity index (χ1n) is 36.0. The van der Waals surface area contributed by atoms with E-state index in [0.717, 1.165) is 182 Å². The van der Waals surface area contributed by atoms with E-state index in [1.165, 1.54) is 112 Å². The van der Waals surface area contributed by atoms with Gasteiger partial charge in [-0.15, -0.1) is 129 Å². The topological polar surface area (TPSA) is 286 Å². The van der Waals surface area contributed by atoms with Crippen LogP contribution in [0.1, 0.15) is 86.5 Å². The Morgan fingerprint density at radius 1 is 0.310 bits per heavy atom. The summed E-state index contributed by atoms with van der Waals surface area (Å²) in [5.74, 6) is 28.6. The predicted molar refractivity (Wildman–Crippen MR) is 472 cm³/mol. The summed E-state index contributed by atoms with van der Waals surface area (Å²) in [7, 11) is 0. The summed E-state index contributed by atoms with van der Waals surface area (Å²) in [6.07, 6.45) is 8.80. The third kappa shape index (κ3) is 92.6. The maximum Gasteiger partial charge on any atom is 0.0538 e. The highest BCUT2D eigenvalue weighted by Crippen LogP contribution is 2.18. The van der Waals surface area contributed by atoms with Crippen molar-refractivity contribution in [3.05, 3.63) is 0 Å². The molecule has 3 heterocycles. The molecule has 0 aromatic rings. The Kier molecular flexibility index (Phi) is 111. The van der Waals surface area contributed by atoms with Crippen LogP contribution in [0.3, 0.4) is 0 Å². The van der Waals surface area contributed by atoms with E-state index in [2.05, 4.69) is 108 Å². The number of thioether (sulfide) groups is 14. The molecule has 0 aliphatic carbocycles. The van der Waals surface area contributed by atoms with E-state index in [-0.39, 0.29) is 46.2 Å². The summed E-state index contributed by atoms with van der Waals surface area (Å²) in [6.45, 7) is 29.4. The Morgan fingerprint density at radius 3 is 1.13 bits per heavy atom. The van der Waals surface area contributed by atoms with Crippen molar-refractivity contribution in [3.63, 3.8) is 0 Å². The van der Waals surface area contributed by atoms with Gasteiger partial charge in [-0.05, 0) is 96.9 Å². The second-order valence-electron chi connectivity index (χ2n) is 22.1. The number of hydrogen-bond acceptors (Lipinski definition) is 36. The Balaban J connectivity index is -0.000000550. The maximum absolute atomic E-state index is 8.87. The fourth-order valence-corrected chi connectivity index (χ4v) is 18.3. The van der Waals surface area contributed by atoms with Gasteiger partial charge in [0.15, 0.2) is 0 Å². The van der Waals surface area contributed by atoms with Gasteiger partial charge in [0.25, 0.3) is 0 Å². The number of aliphatic hydroxyl groups is 9. The molecule has 0 amide bonds. The normalized spacial score (nSPS) is 15.6. The van der Waals surface area contributed by atoms with Gasteiger partial charge in [-0.3, -0.25) is 61.3 Å². The van der Waals surface area contributed by atoms with Gasteiger partial charge in [0.2, 0.25) is 0 Å². The monoisotopic (exact) mass is 1690 g/mol. The Morgan fingerprint density at radius 2 is 0.650 bits per heavy atom. The standard InChI is InChI=1S/C14H33N3O2S3.C12H27N3OS2.C10H23NO2S3.C9H19N3OS.C8H20N2OS2.C7H17NOS2.C4H10OS/c1-2-5-20-9-14(10-21-6-3-18)8-15-11-16-12-17-13-22-7-4-19;1-2-7-18-12-15-5-3-4-14(11-15)9-13-10-17-8-6-16;1-2-5-14-8-11(9-15-6-3-12)10-16-7-4-13;13-4-5-14-9-12-7-10-2-1-3-11(6-10)8-12;1-2-4-12-7-9-6-10-8-13-5-3-11;1-2-4-10-6-8-7-11-5-3-9;1-2-6-4-3-5/h14-19H,2-13H2,1H3;13,16H,2-12H2,1H3;12-13H,2-10H2,1H3;13H,1-9H2;9-11H,2-8H2,1H3;8-9H,2-7H2,1H3;5H,2-4H2,1H3. The minimum absolute atomic E-state index is 0.243. The summed E-state index contributed by atoms with van der Waals surface area (Å²) >= 11 is 25.7. The zero-order valence-electron chi connectivity index (χ0n) is 62.8. The third-order valence-electron chi connectivity index (χ3n) is 12.4. The number of hydrogen-bond donors (Lipinski definition) is 16. The molecular formula is C64H149N13O9S14. The lowest BCUT2D eigenvalue weighted by Crippen LogP contribution is -2.58. The minimum Gasteiger partial charge on any atom is -0.396 e. The zero-order chi connectivity index (χ0) is 74.2. The van der Waals surface area contributed by atoms with E-state index < -0.39 is 0 Å².